The molecule has 0 unspecified atom stereocenters. The number of aliphatic hydroxyl groups is 1. The second-order valence-electron chi connectivity index (χ2n) is 12.2. The molecular weight excluding hydrogens is 353 g/mol. The molecule has 9 atom stereocenters. The second-order valence-corrected chi connectivity index (χ2v) is 12.2. The minimum atomic E-state index is -0.0861. The van der Waals surface area contributed by atoms with Crippen molar-refractivity contribution in [1.82, 2.24) is 0 Å². The lowest BCUT2D eigenvalue weighted by atomic mass is 9.47. The van der Waals surface area contributed by atoms with Crippen LogP contribution in [0.5, 0.6) is 0 Å². The molecule has 0 amide bonds. The summed E-state index contributed by atoms with van der Waals surface area (Å²) < 4.78 is 0. The van der Waals surface area contributed by atoms with E-state index in [4.69, 9.17) is 0 Å². The zero-order valence-electron chi connectivity index (χ0n) is 19.8. The molecule has 29 heavy (non-hydrogen) atoms. The van der Waals surface area contributed by atoms with E-state index in [1.807, 2.05) is 0 Å². The van der Waals surface area contributed by atoms with Crippen LogP contribution in [0.25, 0.3) is 0 Å². The van der Waals surface area contributed by atoms with Crippen LogP contribution in [0.15, 0.2) is 23.8 Å². The molecular formula is C28H46O. The Morgan fingerprint density at radius 3 is 2.59 bits per heavy atom. The fraction of sp³-hybridized carbons (Fsp3) is 0.857. The Morgan fingerprint density at radius 1 is 1.10 bits per heavy atom. The van der Waals surface area contributed by atoms with Crippen molar-refractivity contribution >= 4 is 0 Å². The van der Waals surface area contributed by atoms with E-state index in [0.29, 0.717) is 16.7 Å². The van der Waals surface area contributed by atoms with Crippen molar-refractivity contribution in [3.8, 4) is 0 Å². The Hall–Kier alpha value is -0.560. The largest absolute Gasteiger partial charge is 0.393 e. The zero-order valence-corrected chi connectivity index (χ0v) is 19.8. The summed E-state index contributed by atoms with van der Waals surface area (Å²) in [4.78, 5) is 0. The summed E-state index contributed by atoms with van der Waals surface area (Å²) in [5.41, 5.74) is 3.98. The number of allylic oxidation sites excluding steroid dienone is 2. The normalized spacial score (nSPS) is 46.1. The van der Waals surface area contributed by atoms with E-state index >= 15 is 0 Å². The molecule has 4 aliphatic carbocycles. The summed E-state index contributed by atoms with van der Waals surface area (Å²) in [5.74, 6) is 5.03. The lowest BCUT2D eigenvalue weighted by Gasteiger charge is -2.58. The lowest BCUT2D eigenvalue weighted by Crippen LogP contribution is -2.50. The van der Waals surface area contributed by atoms with Crippen molar-refractivity contribution < 1.29 is 5.11 Å². The summed E-state index contributed by atoms with van der Waals surface area (Å²) >= 11 is 0. The van der Waals surface area contributed by atoms with Gasteiger partial charge in [0.05, 0.1) is 6.10 Å². The summed E-state index contributed by atoms with van der Waals surface area (Å²) in [5, 5.41) is 10.2. The van der Waals surface area contributed by atoms with Crippen molar-refractivity contribution in [1.29, 1.82) is 0 Å². The van der Waals surface area contributed by atoms with Crippen molar-refractivity contribution in [2.24, 2.45) is 46.3 Å². The van der Waals surface area contributed by atoms with Gasteiger partial charge >= 0.3 is 0 Å². The van der Waals surface area contributed by atoms with Crippen molar-refractivity contribution in [3.05, 3.63) is 23.8 Å². The monoisotopic (exact) mass is 399 g/mol. The molecule has 0 saturated heterocycles. The molecule has 1 heteroatoms. The maximum Gasteiger partial charge on any atom is 0.0577 e. The Kier molecular flexibility index (Phi) is 5.86. The number of hydrogen-bond donors (Lipinski definition) is 1. The first-order valence-electron chi connectivity index (χ1n) is 12.7. The first-order valence-corrected chi connectivity index (χ1v) is 12.7. The third-order valence-corrected chi connectivity index (χ3v) is 10.6. The molecule has 3 fully saturated rings. The maximum absolute atomic E-state index is 10.2. The molecule has 0 aliphatic heterocycles. The smallest absolute Gasteiger partial charge is 0.0577 e. The predicted molar refractivity (Wildman–Crippen MR) is 124 cm³/mol. The predicted octanol–water partition coefficient (Wildman–Crippen LogP) is 7.55. The topological polar surface area (TPSA) is 20.2 Å². The van der Waals surface area contributed by atoms with Crippen LogP contribution in [0.3, 0.4) is 0 Å². The van der Waals surface area contributed by atoms with Gasteiger partial charge < -0.3 is 5.11 Å². The van der Waals surface area contributed by atoms with Crippen LogP contribution in [-0.4, -0.2) is 11.2 Å². The van der Waals surface area contributed by atoms with E-state index in [9.17, 15) is 5.11 Å². The average molecular weight is 400 g/mol. The highest BCUT2D eigenvalue weighted by atomic mass is 16.3. The highest BCUT2D eigenvalue weighted by Gasteiger charge is 2.59. The Labute approximate surface area is 180 Å². The Bertz CT molecular complexity index is 659. The quantitative estimate of drug-likeness (QED) is 0.373. The fourth-order valence-electron chi connectivity index (χ4n) is 8.52. The van der Waals surface area contributed by atoms with Crippen LogP contribution in [0.4, 0.5) is 0 Å². The molecule has 164 valence electrons. The standard InChI is InChI=1S/C28H46O/c1-18(2)19(3)7-8-20(4)24-11-12-25-23-10-9-21-17-22(29)13-15-27(21,5)26(23)14-16-28(24,25)6/h9,18,20,22-26,29H,3,7-8,10-17H2,1-2,4-6H3/t20-,22+,23+,24-,25+,26+,27+,28-/m1/s1/i1+1/t18-,20+,22-,23-,24+,25-,26-,27-,28+/m0. The van der Waals surface area contributed by atoms with E-state index in [0.717, 1.165) is 42.4 Å². The SMILES string of the molecule is C=C(CC[C@@H](C)[C@H]1CC[C@H]2[C@@H]3CC=C4C[C@@H](O)CC[C@]4(C)[C@H]3CC[C@]12C)[C@H](C)[13CH3]. The zero-order chi connectivity index (χ0) is 21.0. The van der Waals surface area contributed by atoms with Gasteiger partial charge in [0.15, 0.2) is 0 Å². The highest BCUT2D eigenvalue weighted by Crippen LogP contribution is 2.67. The molecule has 1 N–H and O–H groups in total. The highest BCUT2D eigenvalue weighted by molar-refractivity contribution is 5.25. The Balaban J connectivity index is 1.49. The van der Waals surface area contributed by atoms with Crippen molar-refractivity contribution in [2.45, 2.75) is 105 Å². The number of fused-ring (bicyclic) bond motifs is 5. The molecule has 4 rings (SSSR count). The summed E-state index contributed by atoms with van der Waals surface area (Å²) in [6.07, 6.45) is 15.3. The molecule has 0 heterocycles. The van der Waals surface area contributed by atoms with Gasteiger partial charge in [0.2, 0.25) is 0 Å². The van der Waals surface area contributed by atoms with Gasteiger partial charge in [-0.25, -0.2) is 0 Å². The van der Waals surface area contributed by atoms with Gasteiger partial charge in [0.25, 0.3) is 0 Å². The number of hydrogen-bond acceptors (Lipinski definition) is 1. The van der Waals surface area contributed by atoms with E-state index in [2.05, 4.69) is 47.3 Å². The van der Waals surface area contributed by atoms with Gasteiger partial charge in [0.1, 0.15) is 0 Å². The number of aliphatic hydroxyl groups excluding tert-OH is 1. The fourth-order valence-corrected chi connectivity index (χ4v) is 8.52. The Morgan fingerprint density at radius 2 is 1.86 bits per heavy atom. The van der Waals surface area contributed by atoms with Gasteiger partial charge in [-0.05, 0) is 111 Å². The molecule has 3 saturated carbocycles. The van der Waals surface area contributed by atoms with Crippen molar-refractivity contribution in [3.63, 3.8) is 0 Å². The molecule has 0 bridgehead atoms. The third kappa shape index (κ3) is 3.58. The van der Waals surface area contributed by atoms with E-state index in [1.165, 1.54) is 56.9 Å². The van der Waals surface area contributed by atoms with Gasteiger partial charge in [0, 0.05) is 0 Å². The van der Waals surface area contributed by atoms with Gasteiger partial charge in [-0.15, -0.1) is 0 Å². The van der Waals surface area contributed by atoms with E-state index in [-0.39, 0.29) is 6.10 Å². The van der Waals surface area contributed by atoms with E-state index in [1.54, 1.807) is 5.57 Å². The van der Waals surface area contributed by atoms with Gasteiger partial charge in [-0.3, -0.25) is 0 Å². The summed E-state index contributed by atoms with van der Waals surface area (Å²) in [7, 11) is 0. The molecule has 1 nitrogen and oxygen atoms in total. The molecule has 4 aliphatic rings. The minimum Gasteiger partial charge on any atom is -0.393 e. The van der Waals surface area contributed by atoms with Crippen LogP contribution < -0.4 is 0 Å². The first-order chi connectivity index (χ1) is 13.7. The summed E-state index contributed by atoms with van der Waals surface area (Å²) in [6.45, 7) is 16.7. The van der Waals surface area contributed by atoms with Crippen LogP contribution in [0.1, 0.15) is 98.8 Å². The second kappa shape index (κ2) is 7.85. The van der Waals surface area contributed by atoms with Crippen LogP contribution in [0.2, 0.25) is 0 Å². The molecule has 0 radical (unpaired) electrons. The lowest BCUT2D eigenvalue weighted by molar-refractivity contribution is -0.0571. The molecule has 0 aromatic heterocycles. The molecule has 0 spiro atoms. The first kappa shape index (κ1) is 21.7. The minimum absolute atomic E-state index is 0.0861. The van der Waals surface area contributed by atoms with E-state index < -0.39 is 0 Å². The third-order valence-electron chi connectivity index (χ3n) is 10.6. The van der Waals surface area contributed by atoms with Gasteiger partial charge in [-0.1, -0.05) is 58.4 Å². The molecule has 0 aromatic carbocycles. The van der Waals surface area contributed by atoms with Gasteiger partial charge in [-0.2, -0.15) is 0 Å². The van der Waals surface area contributed by atoms with Crippen molar-refractivity contribution in [2.75, 3.05) is 0 Å². The van der Waals surface area contributed by atoms with Crippen LogP contribution >= 0.6 is 0 Å². The number of rotatable bonds is 5. The summed E-state index contributed by atoms with van der Waals surface area (Å²) in [6, 6.07) is 0. The molecule has 0 aromatic rings. The van der Waals surface area contributed by atoms with Crippen LogP contribution in [-0.2, 0) is 0 Å². The average Bonchev–Trinajstić information content (AvgIpc) is 3.03. The maximum atomic E-state index is 10.2. The van der Waals surface area contributed by atoms with Crippen LogP contribution in [0, 0.1) is 46.3 Å².